The van der Waals surface area contributed by atoms with E-state index < -0.39 is 10.0 Å². The van der Waals surface area contributed by atoms with E-state index in [4.69, 9.17) is 5.73 Å². The van der Waals surface area contributed by atoms with E-state index >= 15 is 0 Å². The van der Waals surface area contributed by atoms with Gasteiger partial charge in [0.05, 0.1) is 4.90 Å². The maximum Gasteiger partial charge on any atom is 0.251 e. The number of halogens is 1. The second-order valence-corrected chi connectivity index (χ2v) is 7.76. The number of carbonyl (C=O) groups excluding carboxylic acids is 1. The standard InChI is InChI=1S/C18H23N3O3S.ClH/c1-13(2)21-25(23,24)17-9-5-15(6-10-17)18(22)20-12-11-14-3-7-16(19)8-4-14;/h3-10,13,21H,11-12,19H2,1-2H3,(H,20,22);1H. The summed E-state index contributed by atoms with van der Waals surface area (Å²) >= 11 is 0. The molecular formula is C18H24ClN3O3S. The first-order chi connectivity index (χ1) is 11.8. The number of sulfonamides is 1. The molecule has 0 fully saturated rings. The maximum atomic E-state index is 12.1. The number of hydrogen-bond donors (Lipinski definition) is 3. The summed E-state index contributed by atoms with van der Waals surface area (Å²) in [6.45, 7) is 3.98. The van der Waals surface area contributed by atoms with Crippen LogP contribution in [0.3, 0.4) is 0 Å². The van der Waals surface area contributed by atoms with Crippen LogP contribution in [0.2, 0.25) is 0 Å². The number of carbonyl (C=O) groups is 1. The van der Waals surface area contributed by atoms with E-state index in [0.717, 1.165) is 5.56 Å². The van der Waals surface area contributed by atoms with Crippen molar-refractivity contribution in [2.45, 2.75) is 31.2 Å². The number of benzene rings is 2. The third kappa shape index (κ3) is 6.33. The second kappa shape index (κ2) is 9.56. The fourth-order valence-corrected chi connectivity index (χ4v) is 3.52. The van der Waals surface area contributed by atoms with Crippen molar-refractivity contribution < 1.29 is 13.2 Å². The molecule has 6 nitrogen and oxygen atoms in total. The zero-order valence-corrected chi connectivity index (χ0v) is 16.4. The van der Waals surface area contributed by atoms with E-state index in [2.05, 4.69) is 10.0 Å². The van der Waals surface area contributed by atoms with Gasteiger partial charge in [0, 0.05) is 23.8 Å². The predicted molar refractivity (Wildman–Crippen MR) is 106 cm³/mol. The second-order valence-electron chi connectivity index (χ2n) is 6.05. The largest absolute Gasteiger partial charge is 0.399 e. The first-order valence-electron chi connectivity index (χ1n) is 8.03. The van der Waals surface area contributed by atoms with Crippen molar-refractivity contribution in [3.8, 4) is 0 Å². The van der Waals surface area contributed by atoms with E-state index in [9.17, 15) is 13.2 Å². The summed E-state index contributed by atoms with van der Waals surface area (Å²) in [6.07, 6.45) is 0.691. The number of anilines is 1. The fraction of sp³-hybridized carbons (Fsp3) is 0.278. The molecule has 142 valence electrons. The monoisotopic (exact) mass is 397 g/mol. The van der Waals surface area contributed by atoms with Crippen molar-refractivity contribution in [2.75, 3.05) is 12.3 Å². The number of rotatable bonds is 7. The lowest BCUT2D eigenvalue weighted by atomic mass is 10.1. The molecule has 2 rings (SSSR count). The summed E-state index contributed by atoms with van der Waals surface area (Å²) < 4.78 is 26.6. The molecule has 0 bridgehead atoms. The highest BCUT2D eigenvalue weighted by atomic mass is 35.5. The molecule has 8 heteroatoms. The van der Waals surface area contributed by atoms with Crippen LogP contribution in [0.4, 0.5) is 5.69 Å². The summed E-state index contributed by atoms with van der Waals surface area (Å²) in [5.41, 5.74) is 7.83. The van der Waals surface area contributed by atoms with Crippen LogP contribution in [0, 0.1) is 0 Å². The van der Waals surface area contributed by atoms with Gasteiger partial charge in [-0.15, -0.1) is 12.4 Å². The number of amides is 1. The first kappa shape index (κ1) is 22.0. The number of nitrogens with two attached hydrogens (primary N) is 1. The highest BCUT2D eigenvalue weighted by molar-refractivity contribution is 7.89. The van der Waals surface area contributed by atoms with Crippen molar-refractivity contribution >= 4 is 34.0 Å². The van der Waals surface area contributed by atoms with Gasteiger partial charge in [0.15, 0.2) is 0 Å². The van der Waals surface area contributed by atoms with Gasteiger partial charge in [-0.05, 0) is 62.2 Å². The van der Waals surface area contributed by atoms with Crippen LogP contribution in [-0.4, -0.2) is 26.9 Å². The summed E-state index contributed by atoms with van der Waals surface area (Å²) in [5, 5.41) is 2.82. The first-order valence-corrected chi connectivity index (χ1v) is 9.51. The van der Waals surface area contributed by atoms with Gasteiger partial charge < -0.3 is 11.1 Å². The quantitative estimate of drug-likeness (QED) is 0.624. The summed E-state index contributed by atoms with van der Waals surface area (Å²) in [7, 11) is -3.55. The third-order valence-corrected chi connectivity index (χ3v) is 5.17. The molecule has 0 unspecified atom stereocenters. The lowest BCUT2D eigenvalue weighted by Crippen LogP contribution is -2.30. The minimum Gasteiger partial charge on any atom is -0.399 e. The Kier molecular flexibility index (Phi) is 8.08. The molecule has 0 saturated carbocycles. The Bertz CT molecular complexity index is 820. The number of nitrogens with one attached hydrogen (secondary N) is 2. The molecule has 4 N–H and O–H groups in total. The third-order valence-electron chi connectivity index (χ3n) is 3.50. The van der Waals surface area contributed by atoms with E-state index in [1.807, 2.05) is 24.3 Å². The lowest BCUT2D eigenvalue weighted by Gasteiger charge is -2.10. The van der Waals surface area contributed by atoms with Gasteiger partial charge in [-0.25, -0.2) is 13.1 Å². The van der Waals surface area contributed by atoms with Gasteiger partial charge in [0.25, 0.3) is 5.91 Å². The van der Waals surface area contributed by atoms with Crippen molar-refractivity contribution in [3.05, 3.63) is 59.7 Å². The Morgan fingerprint density at radius 1 is 1.04 bits per heavy atom. The summed E-state index contributed by atoms with van der Waals surface area (Å²) in [5.74, 6) is -0.240. The van der Waals surface area contributed by atoms with Crippen molar-refractivity contribution in [3.63, 3.8) is 0 Å². The molecular weight excluding hydrogens is 374 g/mol. The Hall–Kier alpha value is -2.09. The fourth-order valence-electron chi connectivity index (χ4n) is 2.27. The minimum atomic E-state index is -3.55. The average molecular weight is 398 g/mol. The molecule has 0 atom stereocenters. The van der Waals surface area contributed by atoms with Crippen LogP contribution < -0.4 is 15.8 Å². The molecule has 1 amide bonds. The smallest absolute Gasteiger partial charge is 0.251 e. The van der Waals surface area contributed by atoms with E-state index in [1.165, 1.54) is 24.3 Å². The van der Waals surface area contributed by atoms with Crippen LogP contribution in [0.1, 0.15) is 29.8 Å². The Morgan fingerprint density at radius 2 is 1.62 bits per heavy atom. The lowest BCUT2D eigenvalue weighted by molar-refractivity contribution is 0.0954. The normalized spacial score (nSPS) is 11.0. The van der Waals surface area contributed by atoms with Crippen molar-refractivity contribution in [2.24, 2.45) is 0 Å². The zero-order valence-electron chi connectivity index (χ0n) is 14.7. The molecule has 26 heavy (non-hydrogen) atoms. The molecule has 0 aliphatic heterocycles. The van der Waals surface area contributed by atoms with Gasteiger partial charge in [-0.2, -0.15) is 0 Å². The maximum absolute atomic E-state index is 12.1. The minimum absolute atomic E-state index is 0. The molecule has 0 spiro atoms. The predicted octanol–water partition coefficient (Wildman–Crippen LogP) is 2.35. The Labute approximate surface area is 160 Å². The molecule has 2 aromatic rings. The molecule has 0 aromatic heterocycles. The molecule has 0 aliphatic rings. The average Bonchev–Trinajstić information content (AvgIpc) is 2.55. The molecule has 2 aromatic carbocycles. The Balaban J connectivity index is 0.00000338. The number of nitrogen functional groups attached to an aromatic ring is 1. The topological polar surface area (TPSA) is 101 Å². The molecule has 0 aliphatic carbocycles. The molecule has 0 radical (unpaired) electrons. The molecule has 0 saturated heterocycles. The zero-order chi connectivity index (χ0) is 18.4. The van der Waals surface area contributed by atoms with E-state index in [0.29, 0.717) is 24.2 Å². The number of hydrogen-bond acceptors (Lipinski definition) is 4. The van der Waals surface area contributed by atoms with Crippen LogP contribution in [-0.2, 0) is 16.4 Å². The van der Waals surface area contributed by atoms with E-state index in [-0.39, 0.29) is 29.3 Å². The Morgan fingerprint density at radius 3 is 2.15 bits per heavy atom. The van der Waals surface area contributed by atoms with Gasteiger partial charge >= 0.3 is 0 Å². The van der Waals surface area contributed by atoms with Gasteiger partial charge in [-0.1, -0.05) is 12.1 Å². The van der Waals surface area contributed by atoms with Gasteiger partial charge in [-0.3, -0.25) is 4.79 Å². The van der Waals surface area contributed by atoms with E-state index in [1.54, 1.807) is 13.8 Å². The van der Waals surface area contributed by atoms with Crippen LogP contribution in [0.25, 0.3) is 0 Å². The SMILES string of the molecule is CC(C)NS(=O)(=O)c1ccc(C(=O)NCCc2ccc(N)cc2)cc1.Cl. The summed E-state index contributed by atoms with van der Waals surface area (Å²) in [6, 6.07) is 13.2. The van der Waals surface area contributed by atoms with Crippen molar-refractivity contribution in [1.82, 2.24) is 10.0 Å². The summed E-state index contributed by atoms with van der Waals surface area (Å²) in [4.78, 5) is 12.3. The van der Waals surface area contributed by atoms with Crippen LogP contribution >= 0.6 is 12.4 Å². The molecule has 0 heterocycles. The van der Waals surface area contributed by atoms with Crippen LogP contribution in [0.15, 0.2) is 53.4 Å². The van der Waals surface area contributed by atoms with Crippen LogP contribution in [0.5, 0.6) is 0 Å². The van der Waals surface area contributed by atoms with Gasteiger partial charge in [0.2, 0.25) is 10.0 Å². The highest BCUT2D eigenvalue weighted by Crippen LogP contribution is 2.11. The van der Waals surface area contributed by atoms with Crippen molar-refractivity contribution in [1.29, 1.82) is 0 Å². The highest BCUT2D eigenvalue weighted by Gasteiger charge is 2.15. The van der Waals surface area contributed by atoms with Gasteiger partial charge in [0.1, 0.15) is 0 Å².